The smallest absolute Gasteiger partial charge is 0.191 e. The van der Waals surface area contributed by atoms with E-state index in [1.165, 1.54) is 17.5 Å². The van der Waals surface area contributed by atoms with Gasteiger partial charge < -0.3 is 10.6 Å². The Bertz CT molecular complexity index is 531. The van der Waals surface area contributed by atoms with Crippen LogP contribution in [0.15, 0.2) is 41.4 Å². The van der Waals surface area contributed by atoms with Crippen LogP contribution in [0.3, 0.4) is 0 Å². The molecule has 1 aromatic rings. The van der Waals surface area contributed by atoms with E-state index in [1.54, 1.807) is 0 Å². The molecule has 0 saturated heterocycles. The zero-order valence-electron chi connectivity index (χ0n) is 12.7. The van der Waals surface area contributed by atoms with Crippen LogP contribution in [0.1, 0.15) is 36.3 Å². The number of halogens is 1. The molecule has 0 radical (unpaired) electrons. The molecule has 1 fully saturated rings. The summed E-state index contributed by atoms with van der Waals surface area (Å²) in [6, 6.07) is 9.72. The van der Waals surface area contributed by atoms with E-state index in [-0.39, 0.29) is 24.0 Å². The lowest BCUT2D eigenvalue weighted by Gasteiger charge is -2.17. The second-order valence-corrected chi connectivity index (χ2v) is 5.81. The summed E-state index contributed by atoms with van der Waals surface area (Å²) in [6.07, 6.45) is 7.88. The summed E-state index contributed by atoms with van der Waals surface area (Å²) in [5.41, 5.74) is 2.87. The number of aryl methyl sites for hydroxylation is 1. The van der Waals surface area contributed by atoms with E-state index in [9.17, 15) is 0 Å². The Kier molecular flexibility index (Phi) is 5.67. The zero-order valence-corrected chi connectivity index (χ0v) is 15.0. The van der Waals surface area contributed by atoms with Gasteiger partial charge in [-0.05, 0) is 37.3 Å². The summed E-state index contributed by atoms with van der Waals surface area (Å²) in [5.74, 6) is 1.58. The van der Waals surface area contributed by atoms with Crippen LogP contribution in [0.5, 0.6) is 0 Å². The maximum Gasteiger partial charge on any atom is 0.191 e. The van der Waals surface area contributed by atoms with Gasteiger partial charge in [-0.3, -0.25) is 4.99 Å². The number of hydrogen-bond donors (Lipinski definition) is 2. The van der Waals surface area contributed by atoms with Gasteiger partial charge in [-0.25, -0.2) is 0 Å². The first-order chi connectivity index (χ1) is 9.78. The molecular weight excluding hydrogens is 373 g/mol. The van der Waals surface area contributed by atoms with Gasteiger partial charge in [0, 0.05) is 25.0 Å². The van der Waals surface area contributed by atoms with Gasteiger partial charge >= 0.3 is 0 Å². The molecule has 21 heavy (non-hydrogen) atoms. The van der Waals surface area contributed by atoms with Gasteiger partial charge in [-0.15, -0.1) is 24.0 Å². The van der Waals surface area contributed by atoms with Crippen molar-refractivity contribution in [1.29, 1.82) is 0 Å². The van der Waals surface area contributed by atoms with E-state index in [0.29, 0.717) is 18.0 Å². The fourth-order valence-corrected chi connectivity index (χ4v) is 2.98. The number of benzene rings is 1. The maximum atomic E-state index is 4.35. The van der Waals surface area contributed by atoms with Gasteiger partial charge in [0.2, 0.25) is 0 Å². The SMILES string of the molecule is CN=C(NC1CC=CC1)NC1CC1c1ccccc1C.I. The van der Waals surface area contributed by atoms with E-state index in [0.717, 1.165) is 18.8 Å². The number of guanidine groups is 1. The van der Waals surface area contributed by atoms with Crippen LogP contribution in [0.25, 0.3) is 0 Å². The van der Waals surface area contributed by atoms with Crippen molar-refractivity contribution < 1.29 is 0 Å². The quantitative estimate of drug-likeness (QED) is 0.355. The molecule has 4 heteroatoms. The Morgan fingerprint density at radius 1 is 1.14 bits per heavy atom. The minimum Gasteiger partial charge on any atom is -0.353 e. The van der Waals surface area contributed by atoms with Crippen LogP contribution >= 0.6 is 24.0 Å². The number of aliphatic imine (C=N–C) groups is 1. The highest BCUT2D eigenvalue weighted by Crippen LogP contribution is 2.42. The lowest BCUT2D eigenvalue weighted by atomic mass is 10.0. The number of nitrogens with zero attached hydrogens (tertiary/aromatic N) is 1. The molecule has 3 rings (SSSR count). The molecule has 1 saturated carbocycles. The minimum absolute atomic E-state index is 0. The van der Waals surface area contributed by atoms with E-state index in [4.69, 9.17) is 0 Å². The number of nitrogens with one attached hydrogen (secondary N) is 2. The number of hydrogen-bond acceptors (Lipinski definition) is 1. The van der Waals surface area contributed by atoms with Crippen molar-refractivity contribution in [2.24, 2.45) is 4.99 Å². The zero-order chi connectivity index (χ0) is 13.9. The van der Waals surface area contributed by atoms with Gasteiger partial charge in [-0.2, -0.15) is 0 Å². The Labute approximate surface area is 144 Å². The Hall–Kier alpha value is -1.04. The minimum atomic E-state index is 0. The number of rotatable bonds is 3. The molecule has 2 N–H and O–H groups in total. The second kappa shape index (κ2) is 7.29. The summed E-state index contributed by atoms with van der Waals surface area (Å²) in [4.78, 5) is 4.35. The molecule has 2 aliphatic carbocycles. The third-order valence-electron chi connectivity index (χ3n) is 4.27. The average molecular weight is 397 g/mol. The van der Waals surface area contributed by atoms with Crippen LogP contribution in [0.4, 0.5) is 0 Å². The maximum absolute atomic E-state index is 4.35. The van der Waals surface area contributed by atoms with E-state index >= 15 is 0 Å². The van der Waals surface area contributed by atoms with Crippen molar-refractivity contribution >= 4 is 29.9 Å². The summed E-state index contributed by atoms with van der Waals surface area (Å²) in [6.45, 7) is 2.20. The lowest BCUT2D eigenvalue weighted by Crippen LogP contribution is -2.43. The first-order valence-electron chi connectivity index (χ1n) is 7.48. The normalized spacial score (nSPS) is 24.6. The van der Waals surface area contributed by atoms with Crippen molar-refractivity contribution in [3.8, 4) is 0 Å². The summed E-state index contributed by atoms with van der Waals surface area (Å²) >= 11 is 0. The first-order valence-corrected chi connectivity index (χ1v) is 7.48. The fraction of sp³-hybridized carbons (Fsp3) is 0.471. The third kappa shape index (κ3) is 3.99. The molecule has 0 spiro atoms. The van der Waals surface area contributed by atoms with Crippen LogP contribution in [-0.4, -0.2) is 25.1 Å². The highest BCUT2D eigenvalue weighted by Gasteiger charge is 2.39. The van der Waals surface area contributed by atoms with E-state index in [1.807, 2.05) is 7.05 Å². The van der Waals surface area contributed by atoms with Crippen molar-refractivity contribution in [3.63, 3.8) is 0 Å². The van der Waals surface area contributed by atoms with Gasteiger partial charge in [0.05, 0.1) is 0 Å². The van der Waals surface area contributed by atoms with Crippen molar-refractivity contribution in [3.05, 3.63) is 47.5 Å². The highest BCUT2D eigenvalue weighted by atomic mass is 127. The molecule has 2 aliphatic rings. The highest BCUT2D eigenvalue weighted by molar-refractivity contribution is 14.0. The van der Waals surface area contributed by atoms with Crippen LogP contribution in [-0.2, 0) is 0 Å². The topological polar surface area (TPSA) is 36.4 Å². The molecule has 0 heterocycles. The predicted octanol–water partition coefficient (Wildman–Crippen LogP) is 3.35. The van der Waals surface area contributed by atoms with Crippen molar-refractivity contribution in [2.45, 2.75) is 44.2 Å². The third-order valence-corrected chi connectivity index (χ3v) is 4.27. The predicted molar refractivity (Wildman–Crippen MR) is 99.5 cm³/mol. The van der Waals surface area contributed by atoms with Crippen LogP contribution in [0, 0.1) is 6.92 Å². The standard InChI is InChI=1S/C17H23N3.HI/c1-12-7-3-6-10-14(12)15-11-16(15)20-17(18-2)19-13-8-4-5-9-13;/h3-7,10,13,15-16H,8-9,11H2,1-2H3,(H2,18,19,20);1H. The molecule has 2 atom stereocenters. The first kappa shape index (κ1) is 16.3. The van der Waals surface area contributed by atoms with Gasteiger partial charge in [-0.1, -0.05) is 36.4 Å². The Balaban J connectivity index is 0.00000161. The lowest BCUT2D eigenvalue weighted by molar-refractivity contribution is 0.631. The van der Waals surface area contributed by atoms with Crippen LogP contribution < -0.4 is 10.6 Å². The molecule has 0 aromatic heterocycles. The van der Waals surface area contributed by atoms with Crippen LogP contribution in [0.2, 0.25) is 0 Å². The van der Waals surface area contributed by atoms with Gasteiger partial charge in [0.15, 0.2) is 5.96 Å². The molecule has 0 aliphatic heterocycles. The summed E-state index contributed by atoms with van der Waals surface area (Å²) < 4.78 is 0. The van der Waals surface area contributed by atoms with E-state index < -0.39 is 0 Å². The summed E-state index contributed by atoms with van der Waals surface area (Å²) in [7, 11) is 1.85. The van der Waals surface area contributed by atoms with Gasteiger partial charge in [0.25, 0.3) is 0 Å². The van der Waals surface area contributed by atoms with E-state index in [2.05, 4.69) is 59.0 Å². The molecular formula is C17H24IN3. The molecule has 2 unspecified atom stereocenters. The molecule has 0 amide bonds. The molecule has 0 bridgehead atoms. The second-order valence-electron chi connectivity index (χ2n) is 5.81. The van der Waals surface area contributed by atoms with Crippen molar-refractivity contribution in [1.82, 2.24) is 10.6 Å². The fourth-order valence-electron chi connectivity index (χ4n) is 2.98. The van der Waals surface area contributed by atoms with Gasteiger partial charge in [0.1, 0.15) is 0 Å². The Morgan fingerprint density at radius 3 is 2.52 bits per heavy atom. The largest absolute Gasteiger partial charge is 0.353 e. The monoisotopic (exact) mass is 397 g/mol. The average Bonchev–Trinajstić information content (AvgIpc) is 3.01. The molecule has 1 aromatic carbocycles. The molecule has 114 valence electrons. The molecule has 3 nitrogen and oxygen atoms in total. The Morgan fingerprint density at radius 2 is 1.86 bits per heavy atom. The van der Waals surface area contributed by atoms with Crippen molar-refractivity contribution in [2.75, 3.05) is 7.05 Å². The summed E-state index contributed by atoms with van der Waals surface area (Å²) in [5, 5.41) is 7.05.